The van der Waals surface area contributed by atoms with Gasteiger partial charge in [-0.3, -0.25) is 0 Å². The highest BCUT2D eigenvalue weighted by molar-refractivity contribution is 9.10. The first kappa shape index (κ1) is 10.2. The molecule has 1 aliphatic heterocycles. The van der Waals surface area contributed by atoms with E-state index in [1.54, 1.807) is 6.26 Å². The lowest BCUT2D eigenvalue weighted by Crippen LogP contribution is -2.34. The fourth-order valence-electron chi connectivity index (χ4n) is 1.89. The number of hydrogen-bond acceptors (Lipinski definition) is 3. The first-order chi connectivity index (χ1) is 6.74. The van der Waals surface area contributed by atoms with Crippen molar-refractivity contribution in [2.75, 3.05) is 13.2 Å². The molecule has 0 bridgehead atoms. The molecule has 0 aliphatic carbocycles. The van der Waals surface area contributed by atoms with Crippen molar-refractivity contribution in [2.24, 2.45) is 0 Å². The van der Waals surface area contributed by atoms with Crippen LogP contribution in [0.25, 0.3) is 0 Å². The van der Waals surface area contributed by atoms with Crippen LogP contribution in [0.4, 0.5) is 0 Å². The molecule has 0 radical (unpaired) electrons. The Bertz CT molecular complexity index is 302. The highest BCUT2D eigenvalue weighted by atomic mass is 79.9. The predicted octanol–water partition coefficient (Wildman–Crippen LogP) is 2.13. The van der Waals surface area contributed by atoms with Gasteiger partial charge in [0.1, 0.15) is 0 Å². The summed E-state index contributed by atoms with van der Waals surface area (Å²) in [7, 11) is 0. The molecule has 1 aliphatic rings. The van der Waals surface area contributed by atoms with Gasteiger partial charge in [-0.05, 0) is 40.4 Å². The highest BCUT2D eigenvalue weighted by Gasteiger charge is 2.34. The third-order valence-corrected chi connectivity index (χ3v) is 3.04. The number of ether oxygens (including phenoxy) is 1. The monoisotopic (exact) mass is 260 g/mol. The molecule has 14 heavy (non-hydrogen) atoms. The normalized spacial score (nSPS) is 27.0. The maximum absolute atomic E-state index is 9.32. The quantitative estimate of drug-likeness (QED) is 0.906. The molecule has 3 nitrogen and oxygen atoms in total. The summed E-state index contributed by atoms with van der Waals surface area (Å²) < 4.78 is 11.5. The minimum absolute atomic E-state index is 0.0792. The highest BCUT2D eigenvalue weighted by Crippen LogP contribution is 2.30. The minimum Gasteiger partial charge on any atom is -0.457 e. The molecule has 1 atom stereocenters. The van der Waals surface area contributed by atoms with Gasteiger partial charge in [-0.25, -0.2) is 0 Å². The molecule has 0 saturated carbocycles. The van der Waals surface area contributed by atoms with E-state index < -0.39 is 0 Å². The molecule has 1 aromatic rings. The van der Waals surface area contributed by atoms with Crippen molar-refractivity contribution >= 4 is 15.9 Å². The Morgan fingerprint density at radius 3 is 2.93 bits per heavy atom. The van der Waals surface area contributed by atoms with Crippen LogP contribution < -0.4 is 0 Å². The second kappa shape index (κ2) is 4.04. The van der Waals surface area contributed by atoms with Gasteiger partial charge in [0.25, 0.3) is 0 Å². The Balaban J connectivity index is 2.08. The average molecular weight is 261 g/mol. The molecule has 4 heteroatoms. The molecule has 78 valence electrons. The summed E-state index contributed by atoms with van der Waals surface area (Å²) in [6.45, 7) is 0.829. The van der Waals surface area contributed by atoms with Gasteiger partial charge in [0.15, 0.2) is 4.67 Å². The van der Waals surface area contributed by atoms with Crippen LogP contribution >= 0.6 is 15.9 Å². The molecule has 0 spiro atoms. The van der Waals surface area contributed by atoms with Gasteiger partial charge < -0.3 is 14.3 Å². The minimum atomic E-state index is -0.372. The zero-order valence-corrected chi connectivity index (χ0v) is 9.42. The first-order valence-corrected chi connectivity index (χ1v) is 5.51. The zero-order chi connectivity index (χ0) is 10.0. The van der Waals surface area contributed by atoms with E-state index in [9.17, 15) is 5.11 Å². The molecule has 1 aromatic heterocycles. The van der Waals surface area contributed by atoms with Crippen molar-refractivity contribution < 1.29 is 14.3 Å². The number of furan rings is 1. The van der Waals surface area contributed by atoms with E-state index >= 15 is 0 Å². The summed E-state index contributed by atoms with van der Waals surface area (Å²) in [6.07, 6.45) is 4.37. The fourth-order valence-corrected chi connectivity index (χ4v) is 2.27. The zero-order valence-electron chi connectivity index (χ0n) is 7.83. The van der Waals surface area contributed by atoms with Crippen molar-refractivity contribution in [3.63, 3.8) is 0 Å². The van der Waals surface area contributed by atoms with E-state index in [0.717, 1.165) is 36.1 Å². The van der Waals surface area contributed by atoms with E-state index in [1.165, 1.54) is 0 Å². The molecular formula is C10H13BrO3. The third-order valence-electron chi connectivity index (χ3n) is 2.62. The van der Waals surface area contributed by atoms with E-state index in [2.05, 4.69) is 15.9 Å². The smallest absolute Gasteiger partial charge is 0.169 e. The van der Waals surface area contributed by atoms with Crippen molar-refractivity contribution in [2.45, 2.75) is 24.9 Å². The lowest BCUT2D eigenvalue weighted by Gasteiger charge is -2.24. The predicted molar refractivity (Wildman–Crippen MR) is 55.1 cm³/mol. The second-order valence-corrected chi connectivity index (χ2v) is 4.51. The summed E-state index contributed by atoms with van der Waals surface area (Å²) in [5, 5.41) is 9.32. The third kappa shape index (κ3) is 2.02. The van der Waals surface area contributed by atoms with Crippen LogP contribution in [0.5, 0.6) is 0 Å². The standard InChI is InChI=1S/C10H13BrO3/c11-9-4-8(6-13-9)5-10(7-12)2-1-3-14-10/h4,6,12H,1-3,5,7H2. The van der Waals surface area contributed by atoms with Crippen molar-refractivity contribution in [1.82, 2.24) is 0 Å². The van der Waals surface area contributed by atoms with Gasteiger partial charge >= 0.3 is 0 Å². The van der Waals surface area contributed by atoms with Crippen molar-refractivity contribution in [3.05, 3.63) is 22.6 Å². The van der Waals surface area contributed by atoms with Crippen LogP contribution in [0.2, 0.25) is 0 Å². The molecule has 2 heterocycles. The molecule has 0 aromatic carbocycles. The topological polar surface area (TPSA) is 42.6 Å². The lowest BCUT2D eigenvalue weighted by atomic mass is 9.94. The summed E-state index contributed by atoms with van der Waals surface area (Å²) in [4.78, 5) is 0. The first-order valence-electron chi connectivity index (χ1n) is 4.72. The molecule has 1 unspecified atom stereocenters. The number of hydrogen-bond donors (Lipinski definition) is 1. The van der Waals surface area contributed by atoms with E-state index in [1.807, 2.05) is 6.07 Å². The van der Waals surface area contributed by atoms with Gasteiger partial charge in [-0.2, -0.15) is 0 Å². The Labute approximate surface area is 91.2 Å². The number of aliphatic hydroxyl groups is 1. The number of rotatable bonds is 3. The molecule has 2 rings (SSSR count). The van der Waals surface area contributed by atoms with Gasteiger partial charge in [-0.1, -0.05) is 0 Å². The molecule has 1 saturated heterocycles. The average Bonchev–Trinajstić information content (AvgIpc) is 2.77. The van der Waals surface area contributed by atoms with Crippen LogP contribution in [-0.4, -0.2) is 23.9 Å². The Morgan fingerprint density at radius 2 is 2.43 bits per heavy atom. The summed E-state index contributed by atoms with van der Waals surface area (Å²) in [5.74, 6) is 0. The van der Waals surface area contributed by atoms with Gasteiger partial charge in [0.2, 0.25) is 0 Å². The van der Waals surface area contributed by atoms with Crippen molar-refractivity contribution in [3.8, 4) is 0 Å². The van der Waals surface area contributed by atoms with Crippen LogP contribution in [0.15, 0.2) is 21.4 Å². The number of aliphatic hydroxyl groups excluding tert-OH is 1. The van der Waals surface area contributed by atoms with E-state index in [0.29, 0.717) is 0 Å². The van der Waals surface area contributed by atoms with E-state index in [-0.39, 0.29) is 12.2 Å². The fraction of sp³-hybridized carbons (Fsp3) is 0.600. The summed E-state index contributed by atoms with van der Waals surface area (Å²) in [6, 6.07) is 1.92. The summed E-state index contributed by atoms with van der Waals surface area (Å²) in [5.41, 5.74) is 0.691. The van der Waals surface area contributed by atoms with Crippen LogP contribution in [0, 0.1) is 0 Å². The SMILES string of the molecule is OCC1(Cc2coc(Br)c2)CCCO1. The van der Waals surface area contributed by atoms with Gasteiger partial charge in [0.05, 0.1) is 18.5 Å². The molecule has 1 N–H and O–H groups in total. The lowest BCUT2D eigenvalue weighted by molar-refractivity contribution is -0.0377. The molecular weight excluding hydrogens is 248 g/mol. The van der Waals surface area contributed by atoms with Gasteiger partial charge in [0, 0.05) is 13.0 Å². The molecule has 0 amide bonds. The second-order valence-electron chi connectivity index (χ2n) is 3.73. The van der Waals surface area contributed by atoms with E-state index in [4.69, 9.17) is 9.15 Å². The largest absolute Gasteiger partial charge is 0.457 e. The molecule has 1 fully saturated rings. The van der Waals surface area contributed by atoms with Crippen LogP contribution in [0.3, 0.4) is 0 Å². The Morgan fingerprint density at radius 1 is 1.57 bits per heavy atom. The van der Waals surface area contributed by atoms with Crippen molar-refractivity contribution in [1.29, 1.82) is 0 Å². The summed E-state index contributed by atoms with van der Waals surface area (Å²) >= 11 is 3.25. The van der Waals surface area contributed by atoms with Gasteiger partial charge in [-0.15, -0.1) is 0 Å². The Hall–Kier alpha value is -0.320. The Kier molecular flexibility index (Phi) is 2.95. The van der Waals surface area contributed by atoms with Crippen LogP contribution in [-0.2, 0) is 11.2 Å². The van der Waals surface area contributed by atoms with Crippen LogP contribution in [0.1, 0.15) is 18.4 Å². The maximum Gasteiger partial charge on any atom is 0.169 e. The number of halogens is 1. The maximum atomic E-state index is 9.32.